The fourth-order valence-electron chi connectivity index (χ4n) is 4.00. The number of nitrogens with one attached hydrogen (secondary N) is 1. The maximum atomic E-state index is 12.5. The predicted molar refractivity (Wildman–Crippen MR) is 123 cm³/mol. The van der Waals surface area contributed by atoms with Gasteiger partial charge in [0.2, 0.25) is 0 Å². The Hall–Kier alpha value is -2.33. The number of ether oxygens (including phenoxy) is 1. The molecule has 0 aliphatic carbocycles. The molecular formula is C26H36N2O2. The zero-order valence-electron chi connectivity index (χ0n) is 18.9. The number of hydrogen-bond donors (Lipinski definition) is 1. The molecule has 1 saturated heterocycles. The highest BCUT2D eigenvalue weighted by atomic mass is 16.5. The molecule has 2 aromatic rings. The maximum Gasteiger partial charge on any atom is 0.258 e. The van der Waals surface area contributed by atoms with Crippen molar-refractivity contribution in [2.45, 2.75) is 58.9 Å². The maximum absolute atomic E-state index is 12.5. The summed E-state index contributed by atoms with van der Waals surface area (Å²) in [4.78, 5) is 15.0. The zero-order valence-corrected chi connectivity index (χ0v) is 18.9. The summed E-state index contributed by atoms with van der Waals surface area (Å²) >= 11 is 0. The van der Waals surface area contributed by atoms with Crippen LogP contribution >= 0.6 is 0 Å². The highest BCUT2D eigenvalue weighted by Gasteiger charge is 2.23. The first kappa shape index (κ1) is 22.4. The van der Waals surface area contributed by atoms with Gasteiger partial charge in [-0.1, -0.05) is 50.6 Å². The van der Waals surface area contributed by atoms with Gasteiger partial charge in [0.15, 0.2) is 6.61 Å². The topological polar surface area (TPSA) is 41.6 Å². The van der Waals surface area contributed by atoms with Crippen molar-refractivity contribution >= 4 is 5.91 Å². The molecule has 3 rings (SSSR count). The van der Waals surface area contributed by atoms with Gasteiger partial charge in [0.05, 0.1) is 6.04 Å². The number of hydrogen-bond acceptors (Lipinski definition) is 3. The molecule has 1 heterocycles. The average Bonchev–Trinajstić information content (AvgIpc) is 2.76. The van der Waals surface area contributed by atoms with E-state index in [1.807, 2.05) is 18.2 Å². The van der Waals surface area contributed by atoms with Gasteiger partial charge in [-0.15, -0.1) is 0 Å². The van der Waals surface area contributed by atoms with Crippen molar-refractivity contribution in [3.05, 3.63) is 64.7 Å². The number of rotatable bonds is 8. The monoisotopic (exact) mass is 408 g/mol. The summed E-state index contributed by atoms with van der Waals surface area (Å²) < 4.78 is 5.70. The molecule has 1 fully saturated rings. The van der Waals surface area contributed by atoms with E-state index in [0.717, 1.165) is 18.8 Å². The van der Waals surface area contributed by atoms with Gasteiger partial charge in [-0.05, 0) is 80.1 Å². The molecule has 4 heteroatoms. The van der Waals surface area contributed by atoms with Crippen LogP contribution in [0.2, 0.25) is 0 Å². The summed E-state index contributed by atoms with van der Waals surface area (Å²) in [6.07, 6.45) is 3.75. The van der Waals surface area contributed by atoms with Crippen molar-refractivity contribution in [1.29, 1.82) is 0 Å². The minimum atomic E-state index is -0.0750. The SMILES string of the molecule is Cc1ccc(OCC(=O)NC[C@@H](c2ccc(C(C)C)cc2)N2CCCCC2)cc1C. The third-order valence-electron chi connectivity index (χ3n) is 6.16. The number of benzene rings is 2. The van der Waals surface area contributed by atoms with E-state index in [1.165, 1.54) is 41.5 Å². The van der Waals surface area contributed by atoms with Crippen molar-refractivity contribution < 1.29 is 9.53 Å². The normalized spacial score (nSPS) is 15.8. The predicted octanol–water partition coefficient (Wildman–Crippen LogP) is 5.15. The summed E-state index contributed by atoms with van der Waals surface area (Å²) in [7, 11) is 0. The first-order chi connectivity index (χ1) is 14.4. The molecule has 1 aliphatic heterocycles. The molecule has 1 amide bonds. The van der Waals surface area contributed by atoms with Gasteiger partial charge < -0.3 is 10.1 Å². The van der Waals surface area contributed by atoms with E-state index < -0.39 is 0 Å². The van der Waals surface area contributed by atoms with Crippen LogP contribution in [0.5, 0.6) is 5.75 Å². The second kappa shape index (κ2) is 10.6. The highest BCUT2D eigenvalue weighted by molar-refractivity contribution is 5.77. The standard InChI is InChI=1S/C26H36N2O2/c1-19(2)22-9-11-23(12-10-22)25(28-14-6-5-7-15-28)17-27-26(29)18-30-24-13-8-20(3)21(4)16-24/h8-13,16,19,25H,5-7,14-15,17-18H2,1-4H3,(H,27,29)/t25-/m0/s1. The fraction of sp³-hybridized carbons (Fsp3) is 0.500. The largest absolute Gasteiger partial charge is 0.484 e. The Bertz CT molecular complexity index is 823. The van der Waals surface area contributed by atoms with Crippen molar-refractivity contribution in [2.24, 2.45) is 0 Å². The number of likely N-dealkylation sites (tertiary alicyclic amines) is 1. The Balaban J connectivity index is 1.60. The Morgan fingerprint density at radius 3 is 2.27 bits per heavy atom. The summed E-state index contributed by atoms with van der Waals surface area (Å²) in [6.45, 7) is 11.4. The van der Waals surface area contributed by atoms with E-state index >= 15 is 0 Å². The van der Waals surface area contributed by atoms with Crippen LogP contribution in [0.1, 0.15) is 67.3 Å². The van der Waals surface area contributed by atoms with Crippen LogP contribution in [-0.2, 0) is 4.79 Å². The van der Waals surface area contributed by atoms with Crippen LogP contribution in [0.4, 0.5) is 0 Å². The third-order valence-corrected chi connectivity index (χ3v) is 6.16. The average molecular weight is 409 g/mol. The lowest BCUT2D eigenvalue weighted by atomic mass is 9.97. The Morgan fingerprint density at radius 2 is 1.63 bits per heavy atom. The molecule has 0 unspecified atom stereocenters. The quantitative estimate of drug-likeness (QED) is 0.657. The Kier molecular flexibility index (Phi) is 7.92. The minimum absolute atomic E-state index is 0.0432. The Morgan fingerprint density at radius 1 is 0.967 bits per heavy atom. The molecule has 4 nitrogen and oxygen atoms in total. The number of amides is 1. The molecule has 1 aliphatic rings. The van der Waals surface area contributed by atoms with Gasteiger partial charge in [-0.2, -0.15) is 0 Å². The van der Waals surface area contributed by atoms with E-state index in [2.05, 4.69) is 62.2 Å². The summed E-state index contributed by atoms with van der Waals surface area (Å²) in [5.74, 6) is 1.19. The molecular weight excluding hydrogens is 372 g/mol. The van der Waals surface area contributed by atoms with Crippen molar-refractivity contribution in [3.8, 4) is 5.75 Å². The number of aryl methyl sites for hydroxylation is 2. The van der Waals surface area contributed by atoms with Crippen LogP contribution in [0.25, 0.3) is 0 Å². The Labute approximate surface area is 181 Å². The first-order valence-corrected chi connectivity index (χ1v) is 11.2. The molecule has 0 spiro atoms. The van der Waals surface area contributed by atoms with Crippen LogP contribution in [0, 0.1) is 13.8 Å². The molecule has 0 saturated carbocycles. The van der Waals surface area contributed by atoms with Crippen LogP contribution in [0.15, 0.2) is 42.5 Å². The van der Waals surface area contributed by atoms with Crippen molar-refractivity contribution in [2.75, 3.05) is 26.2 Å². The van der Waals surface area contributed by atoms with E-state index in [4.69, 9.17) is 4.74 Å². The molecule has 1 atom stereocenters. The van der Waals surface area contributed by atoms with Crippen LogP contribution in [0.3, 0.4) is 0 Å². The summed E-state index contributed by atoms with van der Waals surface area (Å²) in [6, 6.07) is 15.0. The molecule has 2 aromatic carbocycles. The van der Waals surface area contributed by atoms with Gasteiger partial charge in [-0.25, -0.2) is 0 Å². The molecule has 30 heavy (non-hydrogen) atoms. The molecule has 0 aromatic heterocycles. The van der Waals surface area contributed by atoms with E-state index in [-0.39, 0.29) is 18.6 Å². The second-order valence-electron chi connectivity index (χ2n) is 8.77. The molecule has 0 radical (unpaired) electrons. The molecule has 1 N–H and O–H groups in total. The van der Waals surface area contributed by atoms with Gasteiger partial charge in [0.1, 0.15) is 5.75 Å². The second-order valence-corrected chi connectivity index (χ2v) is 8.77. The van der Waals surface area contributed by atoms with Crippen molar-refractivity contribution in [1.82, 2.24) is 10.2 Å². The van der Waals surface area contributed by atoms with Crippen LogP contribution in [-0.4, -0.2) is 37.0 Å². The number of carbonyl (C=O) groups is 1. The fourth-order valence-corrected chi connectivity index (χ4v) is 4.00. The lowest BCUT2D eigenvalue weighted by molar-refractivity contribution is -0.123. The zero-order chi connectivity index (χ0) is 21.5. The van der Waals surface area contributed by atoms with E-state index in [0.29, 0.717) is 12.5 Å². The lowest BCUT2D eigenvalue weighted by Gasteiger charge is -2.35. The van der Waals surface area contributed by atoms with Gasteiger partial charge >= 0.3 is 0 Å². The lowest BCUT2D eigenvalue weighted by Crippen LogP contribution is -2.41. The third kappa shape index (κ3) is 6.09. The van der Waals surface area contributed by atoms with E-state index in [9.17, 15) is 4.79 Å². The van der Waals surface area contributed by atoms with Gasteiger partial charge in [-0.3, -0.25) is 9.69 Å². The molecule has 0 bridgehead atoms. The van der Waals surface area contributed by atoms with E-state index in [1.54, 1.807) is 0 Å². The van der Waals surface area contributed by atoms with Crippen LogP contribution < -0.4 is 10.1 Å². The van der Waals surface area contributed by atoms with Gasteiger partial charge in [0, 0.05) is 6.54 Å². The number of nitrogens with zero attached hydrogens (tertiary/aromatic N) is 1. The first-order valence-electron chi connectivity index (χ1n) is 11.2. The molecule has 162 valence electrons. The van der Waals surface area contributed by atoms with Gasteiger partial charge in [0.25, 0.3) is 5.91 Å². The minimum Gasteiger partial charge on any atom is -0.484 e. The highest BCUT2D eigenvalue weighted by Crippen LogP contribution is 2.26. The van der Waals surface area contributed by atoms with Crippen molar-refractivity contribution in [3.63, 3.8) is 0 Å². The summed E-state index contributed by atoms with van der Waals surface area (Å²) in [5, 5.41) is 3.11. The smallest absolute Gasteiger partial charge is 0.258 e. The number of piperidine rings is 1. The number of carbonyl (C=O) groups excluding carboxylic acids is 1. The summed E-state index contributed by atoms with van der Waals surface area (Å²) in [5.41, 5.74) is 5.02.